The molecule has 2 aliphatic carbocycles. The van der Waals surface area contributed by atoms with Crippen LogP contribution >= 0.6 is 0 Å². The normalized spacial score (nSPS) is 44.0. The number of carbonyl (C=O) groups is 3. The van der Waals surface area contributed by atoms with Crippen molar-refractivity contribution in [3.05, 3.63) is 23.8 Å². The minimum absolute atomic E-state index is 0.149. The number of carbonyl (C=O) groups excluding carboxylic acids is 3. The van der Waals surface area contributed by atoms with Gasteiger partial charge in [-0.1, -0.05) is 25.5 Å². The van der Waals surface area contributed by atoms with Gasteiger partial charge >= 0.3 is 11.9 Å². The Morgan fingerprint density at radius 2 is 1.96 bits per heavy atom. The molecule has 1 aliphatic heterocycles. The van der Waals surface area contributed by atoms with Crippen LogP contribution in [0.1, 0.15) is 34.6 Å². The highest BCUT2D eigenvalue weighted by atomic mass is 16.6. The lowest BCUT2D eigenvalue weighted by Gasteiger charge is -2.40. The molecule has 3 rings (SSSR count). The maximum Gasteiger partial charge on any atom is 0.330 e. The Bertz CT molecular complexity index is 703. The van der Waals surface area contributed by atoms with Gasteiger partial charge < -0.3 is 14.6 Å². The van der Waals surface area contributed by atoms with Gasteiger partial charge in [0, 0.05) is 12.0 Å². The van der Waals surface area contributed by atoms with Crippen LogP contribution in [0.3, 0.4) is 0 Å². The SMILES string of the molecule is CC(C)=CC(=O)O[C@H]1[C@H]2[C@H](OC(=O)[C@H]2C)[C@H](O)[C@@H](C)[C@@H]2C=CC(=O)[C@]21C. The Morgan fingerprint density at radius 1 is 1.31 bits per heavy atom. The molecule has 0 spiro atoms. The first-order valence-electron chi connectivity index (χ1n) is 9.05. The number of fused-ring (bicyclic) bond motifs is 2. The van der Waals surface area contributed by atoms with E-state index in [1.165, 1.54) is 12.2 Å². The van der Waals surface area contributed by atoms with Crippen LogP contribution in [0, 0.1) is 29.1 Å². The van der Waals surface area contributed by atoms with E-state index in [0.717, 1.165) is 5.57 Å². The van der Waals surface area contributed by atoms with Gasteiger partial charge in [0.2, 0.25) is 0 Å². The summed E-state index contributed by atoms with van der Waals surface area (Å²) >= 11 is 0. The molecule has 8 atom stereocenters. The molecule has 0 aromatic rings. The van der Waals surface area contributed by atoms with Crippen LogP contribution in [0.15, 0.2) is 23.8 Å². The zero-order chi connectivity index (χ0) is 19.4. The number of ketones is 1. The molecule has 1 saturated carbocycles. The summed E-state index contributed by atoms with van der Waals surface area (Å²) in [6, 6.07) is 0. The molecule has 1 heterocycles. The van der Waals surface area contributed by atoms with Gasteiger partial charge in [0.25, 0.3) is 0 Å². The number of ether oxygens (including phenoxy) is 2. The van der Waals surface area contributed by atoms with Crippen LogP contribution in [0.5, 0.6) is 0 Å². The Hall–Kier alpha value is -1.95. The molecule has 0 bridgehead atoms. The minimum Gasteiger partial charge on any atom is -0.459 e. The Balaban J connectivity index is 2.11. The van der Waals surface area contributed by atoms with Crippen molar-refractivity contribution in [1.29, 1.82) is 0 Å². The van der Waals surface area contributed by atoms with Gasteiger partial charge in [0.05, 0.1) is 17.4 Å². The predicted octanol–water partition coefficient (Wildman–Crippen LogP) is 1.81. The van der Waals surface area contributed by atoms with Crippen LogP contribution in [0.4, 0.5) is 0 Å². The van der Waals surface area contributed by atoms with Crippen LogP contribution < -0.4 is 0 Å². The van der Waals surface area contributed by atoms with E-state index in [0.29, 0.717) is 0 Å². The average Bonchev–Trinajstić information content (AvgIpc) is 2.99. The van der Waals surface area contributed by atoms with E-state index >= 15 is 0 Å². The number of esters is 2. The Morgan fingerprint density at radius 3 is 2.58 bits per heavy atom. The summed E-state index contributed by atoms with van der Waals surface area (Å²) in [5.41, 5.74) is -0.259. The van der Waals surface area contributed by atoms with E-state index < -0.39 is 47.5 Å². The summed E-state index contributed by atoms with van der Waals surface area (Å²) in [6.45, 7) is 8.86. The third kappa shape index (κ3) is 2.62. The molecule has 6 heteroatoms. The van der Waals surface area contributed by atoms with Gasteiger partial charge in [-0.05, 0) is 38.7 Å². The second-order valence-electron chi connectivity index (χ2n) is 8.23. The maximum absolute atomic E-state index is 12.8. The van der Waals surface area contributed by atoms with Gasteiger partial charge in [0.1, 0.15) is 12.2 Å². The largest absolute Gasteiger partial charge is 0.459 e. The number of aliphatic hydroxyl groups excluding tert-OH is 1. The first-order valence-corrected chi connectivity index (χ1v) is 9.05. The molecule has 2 fully saturated rings. The van der Waals surface area contributed by atoms with E-state index in [1.807, 2.05) is 6.92 Å². The summed E-state index contributed by atoms with van der Waals surface area (Å²) in [7, 11) is 0. The molecule has 1 saturated heterocycles. The second-order valence-corrected chi connectivity index (χ2v) is 8.23. The molecule has 26 heavy (non-hydrogen) atoms. The molecule has 0 unspecified atom stereocenters. The minimum atomic E-state index is -1.03. The van der Waals surface area contributed by atoms with E-state index in [4.69, 9.17) is 9.47 Å². The van der Waals surface area contributed by atoms with E-state index in [1.54, 1.807) is 33.8 Å². The quantitative estimate of drug-likeness (QED) is 0.595. The fourth-order valence-electron chi connectivity index (χ4n) is 4.79. The van der Waals surface area contributed by atoms with Crippen molar-refractivity contribution >= 4 is 17.7 Å². The van der Waals surface area contributed by atoms with Crippen LogP contribution in [0.2, 0.25) is 0 Å². The van der Waals surface area contributed by atoms with Crippen LogP contribution in [0.25, 0.3) is 0 Å². The highest BCUT2D eigenvalue weighted by Gasteiger charge is 2.65. The third-order valence-electron chi connectivity index (χ3n) is 6.29. The smallest absolute Gasteiger partial charge is 0.330 e. The van der Waals surface area contributed by atoms with Crippen molar-refractivity contribution in [1.82, 2.24) is 0 Å². The summed E-state index contributed by atoms with van der Waals surface area (Å²) < 4.78 is 11.2. The molecule has 6 nitrogen and oxygen atoms in total. The maximum atomic E-state index is 12.8. The van der Waals surface area contributed by atoms with Crippen molar-refractivity contribution < 1.29 is 29.0 Å². The number of hydrogen-bond donors (Lipinski definition) is 1. The molecular weight excluding hydrogens is 336 g/mol. The second kappa shape index (κ2) is 6.34. The molecule has 3 aliphatic rings. The van der Waals surface area contributed by atoms with Crippen molar-refractivity contribution in [3.8, 4) is 0 Å². The van der Waals surface area contributed by atoms with Gasteiger partial charge in [-0.3, -0.25) is 9.59 Å². The van der Waals surface area contributed by atoms with Gasteiger partial charge in [-0.15, -0.1) is 0 Å². The molecule has 1 N–H and O–H groups in total. The van der Waals surface area contributed by atoms with E-state index in [-0.39, 0.29) is 17.6 Å². The topological polar surface area (TPSA) is 89.9 Å². The van der Waals surface area contributed by atoms with Crippen molar-refractivity contribution in [2.75, 3.05) is 0 Å². The monoisotopic (exact) mass is 362 g/mol. The van der Waals surface area contributed by atoms with Gasteiger partial charge in [0.15, 0.2) is 5.78 Å². The molecule has 0 aromatic heterocycles. The highest BCUT2D eigenvalue weighted by Crippen LogP contribution is 2.54. The predicted molar refractivity (Wildman–Crippen MR) is 92.8 cm³/mol. The zero-order valence-corrected chi connectivity index (χ0v) is 15.8. The molecule has 0 radical (unpaired) electrons. The van der Waals surface area contributed by atoms with Crippen molar-refractivity contribution in [2.24, 2.45) is 29.1 Å². The number of aliphatic hydroxyl groups is 1. The van der Waals surface area contributed by atoms with Crippen molar-refractivity contribution in [2.45, 2.75) is 52.9 Å². The standard InChI is InChI=1S/C20H26O6/c1-9(2)8-14(22)25-18-15-11(4)19(24)26-17(15)16(23)10(3)12-6-7-13(21)20(12,18)5/h6-8,10-12,15-18,23H,1-5H3/t10-,11-,12-,15+,16+,17-,18-,20-/m0/s1. The first kappa shape index (κ1) is 18.8. The van der Waals surface area contributed by atoms with Gasteiger partial charge in [-0.2, -0.15) is 0 Å². The van der Waals surface area contributed by atoms with E-state index in [2.05, 4.69) is 0 Å². The summed E-state index contributed by atoms with van der Waals surface area (Å²) in [5.74, 6) is -2.90. The third-order valence-corrected chi connectivity index (χ3v) is 6.29. The lowest BCUT2D eigenvalue weighted by molar-refractivity contribution is -0.162. The zero-order valence-electron chi connectivity index (χ0n) is 15.8. The fraction of sp³-hybridized carbons (Fsp3) is 0.650. The van der Waals surface area contributed by atoms with Crippen molar-refractivity contribution in [3.63, 3.8) is 0 Å². The first-order chi connectivity index (χ1) is 12.1. The van der Waals surface area contributed by atoms with Crippen LogP contribution in [-0.2, 0) is 23.9 Å². The van der Waals surface area contributed by atoms with E-state index in [9.17, 15) is 19.5 Å². The molecular formula is C20H26O6. The lowest BCUT2D eigenvalue weighted by atomic mass is 9.66. The van der Waals surface area contributed by atoms with Gasteiger partial charge in [-0.25, -0.2) is 4.79 Å². The Labute approximate surface area is 153 Å². The molecule has 142 valence electrons. The molecule has 0 aromatic carbocycles. The van der Waals surface area contributed by atoms with Crippen LogP contribution in [-0.4, -0.2) is 41.1 Å². The fourth-order valence-corrected chi connectivity index (χ4v) is 4.79. The average molecular weight is 362 g/mol. The number of rotatable bonds is 2. The lowest BCUT2D eigenvalue weighted by Crippen LogP contribution is -2.50. The highest BCUT2D eigenvalue weighted by molar-refractivity contribution is 5.98. The molecule has 0 amide bonds. The Kier molecular flexibility index (Phi) is 4.59. The summed E-state index contributed by atoms with van der Waals surface area (Å²) in [5, 5.41) is 10.8. The number of hydrogen-bond acceptors (Lipinski definition) is 6. The number of allylic oxidation sites excluding steroid dienone is 3. The summed E-state index contributed by atoms with van der Waals surface area (Å²) in [6.07, 6.45) is 2.07. The summed E-state index contributed by atoms with van der Waals surface area (Å²) in [4.78, 5) is 37.4.